The lowest BCUT2D eigenvalue weighted by molar-refractivity contribution is 0.0821. The van der Waals surface area contributed by atoms with Gasteiger partial charge < -0.3 is 14.6 Å². The first-order valence-electron chi connectivity index (χ1n) is 9.18. The fourth-order valence-corrected chi connectivity index (χ4v) is 3.28. The van der Waals surface area contributed by atoms with E-state index in [1.54, 1.807) is 21.0 Å². The number of benzene rings is 1. The highest BCUT2D eigenvalue weighted by atomic mass is 79.9. The normalized spacial score (nSPS) is 10.8. The quantitative estimate of drug-likeness (QED) is 0.569. The Hall–Kier alpha value is -3.14. The summed E-state index contributed by atoms with van der Waals surface area (Å²) in [6, 6.07) is 3.18. The topological polar surface area (TPSA) is 88.2 Å². The van der Waals surface area contributed by atoms with Gasteiger partial charge in [-0.15, -0.1) is 0 Å². The summed E-state index contributed by atoms with van der Waals surface area (Å²) >= 11 is 3.22. The maximum Gasteiger partial charge on any atom is 0.273 e. The summed E-state index contributed by atoms with van der Waals surface area (Å²) in [6.07, 6.45) is 3.09. The maximum absolute atomic E-state index is 14.0. The molecule has 7 nitrogen and oxygen atoms in total. The van der Waals surface area contributed by atoms with Crippen LogP contribution in [0.2, 0.25) is 0 Å². The molecular formula is C21H19BrF2N4O3. The van der Waals surface area contributed by atoms with Gasteiger partial charge in [0.05, 0.1) is 11.9 Å². The molecule has 0 unspecified atom stereocenters. The minimum atomic E-state index is -0.744. The van der Waals surface area contributed by atoms with E-state index in [1.165, 1.54) is 23.4 Å². The zero-order valence-electron chi connectivity index (χ0n) is 17.0. The van der Waals surface area contributed by atoms with Crippen molar-refractivity contribution in [1.82, 2.24) is 19.9 Å². The van der Waals surface area contributed by atoms with Crippen LogP contribution in [0.5, 0.6) is 5.75 Å². The number of halogens is 3. The number of aromatic amines is 1. The number of carbonyl (C=O) groups is 1. The van der Waals surface area contributed by atoms with Crippen LogP contribution in [-0.4, -0.2) is 39.9 Å². The average molecular weight is 493 g/mol. The van der Waals surface area contributed by atoms with Crippen molar-refractivity contribution in [2.45, 2.75) is 20.0 Å². The number of amides is 1. The van der Waals surface area contributed by atoms with Crippen LogP contribution in [0.25, 0.3) is 0 Å². The molecule has 31 heavy (non-hydrogen) atoms. The van der Waals surface area contributed by atoms with Gasteiger partial charge in [-0.1, -0.05) is 0 Å². The molecule has 0 aliphatic rings. The lowest BCUT2D eigenvalue weighted by atomic mass is 10.1. The smallest absolute Gasteiger partial charge is 0.273 e. The Labute approximate surface area is 185 Å². The summed E-state index contributed by atoms with van der Waals surface area (Å²) in [7, 11) is 3.24. The van der Waals surface area contributed by atoms with Crippen LogP contribution in [0.3, 0.4) is 0 Å². The minimum absolute atomic E-state index is 0.142. The molecule has 0 fully saturated rings. The molecule has 3 rings (SSSR count). The Morgan fingerprint density at radius 3 is 2.58 bits per heavy atom. The van der Waals surface area contributed by atoms with Gasteiger partial charge in [-0.3, -0.25) is 14.6 Å². The molecule has 162 valence electrons. The predicted octanol–water partition coefficient (Wildman–Crippen LogP) is 3.39. The lowest BCUT2D eigenvalue weighted by Gasteiger charge is -2.16. The number of aryl methyl sites for hydroxylation is 1. The number of ether oxygens (including phenoxy) is 1. The van der Waals surface area contributed by atoms with Gasteiger partial charge in [-0.05, 0) is 35.0 Å². The number of rotatable bonds is 6. The summed E-state index contributed by atoms with van der Waals surface area (Å²) in [5.41, 5.74) is 1.62. The van der Waals surface area contributed by atoms with Gasteiger partial charge in [0.15, 0.2) is 0 Å². The van der Waals surface area contributed by atoms with Gasteiger partial charge in [0.2, 0.25) is 0 Å². The number of nitrogens with zero attached hydrogens (tertiary/aromatic N) is 3. The first kappa shape index (κ1) is 22.5. The standard InChI is InChI=1S/C21H19BrF2N4O3/c1-11-15(7-14-8-26-17(9-25-14)21(30)28(2)3)19(18(22)20(29)27-11)31-10-12-4-5-13(23)6-16(12)24/h4-6,8-9H,7,10H2,1-3H3,(H,27,29). The van der Waals surface area contributed by atoms with Crippen molar-refractivity contribution in [2.75, 3.05) is 14.1 Å². The maximum atomic E-state index is 14.0. The molecular weight excluding hydrogens is 474 g/mol. The molecule has 0 spiro atoms. The zero-order chi connectivity index (χ0) is 22.7. The van der Waals surface area contributed by atoms with E-state index in [0.717, 1.165) is 12.1 Å². The molecule has 0 radical (unpaired) electrons. The van der Waals surface area contributed by atoms with E-state index in [0.29, 0.717) is 17.0 Å². The predicted molar refractivity (Wildman–Crippen MR) is 113 cm³/mol. The first-order valence-corrected chi connectivity index (χ1v) is 9.97. The number of H-pyrrole nitrogens is 1. The van der Waals surface area contributed by atoms with Gasteiger partial charge in [-0.25, -0.2) is 13.8 Å². The Bertz CT molecular complexity index is 1180. The van der Waals surface area contributed by atoms with Gasteiger partial charge in [0.25, 0.3) is 11.5 Å². The average Bonchev–Trinajstić information content (AvgIpc) is 2.72. The SMILES string of the molecule is Cc1[nH]c(=O)c(Br)c(OCc2ccc(F)cc2F)c1Cc1cnc(C(=O)N(C)C)cn1. The number of carbonyl (C=O) groups excluding carboxylic acids is 1. The molecule has 1 aromatic carbocycles. The number of aromatic nitrogens is 3. The molecule has 1 amide bonds. The monoisotopic (exact) mass is 492 g/mol. The van der Waals surface area contributed by atoms with Crippen LogP contribution in [0.4, 0.5) is 8.78 Å². The van der Waals surface area contributed by atoms with Crippen LogP contribution in [0.15, 0.2) is 39.9 Å². The Kier molecular flexibility index (Phi) is 6.79. The van der Waals surface area contributed by atoms with Crippen LogP contribution < -0.4 is 10.3 Å². The van der Waals surface area contributed by atoms with Crippen molar-refractivity contribution < 1.29 is 18.3 Å². The highest BCUT2D eigenvalue weighted by Gasteiger charge is 2.18. The molecule has 2 heterocycles. The van der Waals surface area contributed by atoms with Crippen molar-refractivity contribution in [3.05, 3.63) is 85.3 Å². The zero-order valence-corrected chi connectivity index (χ0v) is 18.6. The molecule has 2 aromatic heterocycles. The molecule has 0 aliphatic heterocycles. The van der Waals surface area contributed by atoms with E-state index >= 15 is 0 Å². The van der Waals surface area contributed by atoms with E-state index in [2.05, 4.69) is 30.9 Å². The molecule has 0 saturated carbocycles. The highest BCUT2D eigenvalue weighted by molar-refractivity contribution is 9.10. The Morgan fingerprint density at radius 1 is 1.23 bits per heavy atom. The van der Waals surface area contributed by atoms with Gasteiger partial charge in [0, 0.05) is 49.6 Å². The summed E-state index contributed by atoms with van der Waals surface area (Å²) in [5.74, 6) is -1.48. The third kappa shape index (κ3) is 5.13. The van der Waals surface area contributed by atoms with E-state index in [9.17, 15) is 18.4 Å². The van der Waals surface area contributed by atoms with E-state index in [-0.39, 0.29) is 40.4 Å². The molecule has 1 N–H and O–H groups in total. The molecule has 0 atom stereocenters. The second-order valence-electron chi connectivity index (χ2n) is 6.99. The Morgan fingerprint density at radius 2 is 1.97 bits per heavy atom. The highest BCUT2D eigenvalue weighted by Crippen LogP contribution is 2.30. The van der Waals surface area contributed by atoms with E-state index < -0.39 is 17.2 Å². The molecule has 3 aromatic rings. The first-order chi connectivity index (χ1) is 14.7. The fraction of sp³-hybridized carbons (Fsp3) is 0.238. The molecule has 0 bridgehead atoms. The van der Waals surface area contributed by atoms with Crippen molar-refractivity contribution >= 4 is 21.8 Å². The number of pyridine rings is 1. The number of nitrogens with one attached hydrogen (secondary N) is 1. The minimum Gasteiger partial charge on any atom is -0.487 e. The Balaban J connectivity index is 1.90. The largest absolute Gasteiger partial charge is 0.487 e. The van der Waals surface area contributed by atoms with Gasteiger partial charge in [0.1, 0.15) is 34.2 Å². The third-order valence-electron chi connectivity index (χ3n) is 4.50. The second-order valence-corrected chi connectivity index (χ2v) is 7.79. The molecule has 0 aliphatic carbocycles. The van der Waals surface area contributed by atoms with Crippen molar-refractivity contribution in [3.8, 4) is 5.75 Å². The van der Waals surface area contributed by atoms with Gasteiger partial charge in [-0.2, -0.15) is 0 Å². The van der Waals surface area contributed by atoms with Crippen LogP contribution in [0, 0.1) is 18.6 Å². The van der Waals surface area contributed by atoms with Crippen molar-refractivity contribution in [2.24, 2.45) is 0 Å². The van der Waals surface area contributed by atoms with Crippen molar-refractivity contribution in [1.29, 1.82) is 0 Å². The molecule has 10 heteroatoms. The third-order valence-corrected chi connectivity index (χ3v) is 5.22. The lowest BCUT2D eigenvalue weighted by Crippen LogP contribution is -2.23. The second kappa shape index (κ2) is 9.34. The summed E-state index contributed by atoms with van der Waals surface area (Å²) < 4.78 is 33.0. The van der Waals surface area contributed by atoms with Crippen LogP contribution in [-0.2, 0) is 13.0 Å². The summed E-state index contributed by atoms with van der Waals surface area (Å²) in [6.45, 7) is 1.49. The molecule has 0 saturated heterocycles. The van der Waals surface area contributed by atoms with Crippen molar-refractivity contribution in [3.63, 3.8) is 0 Å². The van der Waals surface area contributed by atoms with E-state index in [4.69, 9.17) is 4.74 Å². The fourth-order valence-electron chi connectivity index (χ4n) is 2.83. The van der Waals surface area contributed by atoms with E-state index in [1.807, 2.05) is 0 Å². The number of hydrogen-bond donors (Lipinski definition) is 1. The summed E-state index contributed by atoms with van der Waals surface area (Å²) in [5, 5.41) is 0. The van der Waals surface area contributed by atoms with Gasteiger partial charge >= 0.3 is 0 Å². The van der Waals surface area contributed by atoms with Crippen LogP contribution in [0.1, 0.15) is 33.0 Å². The summed E-state index contributed by atoms with van der Waals surface area (Å²) in [4.78, 5) is 36.7. The van der Waals surface area contributed by atoms with Crippen LogP contribution >= 0.6 is 15.9 Å². The number of hydrogen-bond acceptors (Lipinski definition) is 5.